The summed E-state index contributed by atoms with van der Waals surface area (Å²) < 4.78 is 20.6. The molecule has 4 aliphatic carbocycles. The molecule has 32 heavy (non-hydrogen) atoms. The van der Waals surface area contributed by atoms with Gasteiger partial charge >= 0.3 is 0 Å². The lowest BCUT2D eigenvalue weighted by Crippen LogP contribution is -2.62. The minimum Gasteiger partial charge on any atom is -0.413 e. The predicted molar refractivity (Wildman–Crippen MR) is 133 cm³/mol. The molecule has 4 heteroatoms. The fraction of sp³-hybridized carbons (Fsp3) is 0.929. The molecule has 5 aliphatic rings. The van der Waals surface area contributed by atoms with Crippen molar-refractivity contribution in [1.29, 1.82) is 0 Å². The van der Waals surface area contributed by atoms with Gasteiger partial charge in [-0.05, 0) is 99.1 Å². The van der Waals surface area contributed by atoms with Gasteiger partial charge in [0.1, 0.15) is 0 Å². The topological polar surface area (TPSA) is 27.7 Å². The van der Waals surface area contributed by atoms with E-state index >= 15 is 0 Å². The van der Waals surface area contributed by atoms with Gasteiger partial charge in [-0.1, -0.05) is 46.8 Å². The first-order valence-electron chi connectivity index (χ1n) is 13.4. The number of hydrogen-bond acceptors (Lipinski definition) is 3. The molecule has 0 radical (unpaired) electrons. The molecular formula is C28H48O3Si. The SMILES string of the molecule is CC1(C)O[C@H]2[C@H](O1)[C@H]1C=CCC[C@]1(C)[C@H]1CC[C@]3(C)[C@@H](O[Si](C)(C)C(C)(C)C)CC[C@H]3[C@H]21. The van der Waals surface area contributed by atoms with Crippen molar-refractivity contribution in [1.82, 2.24) is 0 Å². The summed E-state index contributed by atoms with van der Waals surface area (Å²) in [5.74, 6) is 2.04. The van der Waals surface area contributed by atoms with Gasteiger partial charge in [-0.25, -0.2) is 0 Å². The first-order valence-corrected chi connectivity index (χ1v) is 16.3. The summed E-state index contributed by atoms with van der Waals surface area (Å²) in [5, 5.41) is 0.260. The molecule has 0 bridgehead atoms. The van der Waals surface area contributed by atoms with Crippen molar-refractivity contribution in [2.75, 3.05) is 0 Å². The van der Waals surface area contributed by atoms with E-state index in [1.165, 1.54) is 38.5 Å². The normalized spacial score (nSPS) is 49.8. The predicted octanol–water partition coefficient (Wildman–Crippen LogP) is 7.33. The number of allylic oxidation sites excluding steroid dienone is 1. The van der Waals surface area contributed by atoms with E-state index in [1.54, 1.807) is 0 Å². The second-order valence-electron chi connectivity index (χ2n) is 14.3. The van der Waals surface area contributed by atoms with Gasteiger partial charge < -0.3 is 13.9 Å². The van der Waals surface area contributed by atoms with Crippen LogP contribution >= 0.6 is 0 Å². The molecule has 1 heterocycles. The summed E-state index contributed by atoms with van der Waals surface area (Å²) in [6, 6.07) is 0. The molecule has 182 valence electrons. The average Bonchev–Trinajstić information content (AvgIpc) is 3.16. The highest BCUT2D eigenvalue weighted by atomic mass is 28.4. The highest BCUT2D eigenvalue weighted by Gasteiger charge is 2.68. The van der Waals surface area contributed by atoms with E-state index in [0.717, 1.165) is 5.92 Å². The van der Waals surface area contributed by atoms with Crippen LogP contribution in [0.25, 0.3) is 0 Å². The number of fused-ring (bicyclic) bond motifs is 8. The van der Waals surface area contributed by atoms with Crippen LogP contribution in [0.2, 0.25) is 18.1 Å². The minimum absolute atomic E-state index is 0.204. The Morgan fingerprint density at radius 1 is 0.875 bits per heavy atom. The maximum absolute atomic E-state index is 7.16. The Bertz CT molecular complexity index is 782. The van der Waals surface area contributed by atoms with Crippen LogP contribution in [0.1, 0.15) is 87.0 Å². The second-order valence-corrected chi connectivity index (χ2v) is 19.1. The molecule has 3 nitrogen and oxygen atoms in total. The van der Waals surface area contributed by atoms with Gasteiger partial charge in [0, 0.05) is 5.92 Å². The summed E-state index contributed by atoms with van der Waals surface area (Å²) in [6.07, 6.45) is 13.4. The van der Waals surface area contributed by atoms with Crippen molar-refractivity contribution in [3.63, 3.8) is 0 Å². The number of rotatable bonds is 2. The zero-order chi connectivity index (χ0) is 23.3. The molecule has 4 fully saturated rings. The van der Waals surface area contributed by atoms with Crippen LogP contribution in [0, 0.1) is 34.5 Å². The van der Waals surface area contributed by atoms with E-state index in [9.17, 15) is 0 Å². The highest BCUT2D eigenvalue weighted by molar-refractivity contribution is 6.74. The van der Waals surface area contributed by atoms with Gasteiger partial charge in [-0.15, -0.1) is 0 Å². The first kappa shape index (κ1) is 23.6. The van der Waals surface area contributed by atoms with E-state index in [2.05, 4.69) is 73.7 Å². The van der Waals surface area contributed by atoms with Gasteiger partial charge in [0.05, 0.1) is 18.3 Å². The van der Waals surface area contributed by atoms with Crippen molar-refractivity contribution in [3.8, 4) is 0 Å². The Labute approximate surface area is 198 Å². The maximum Gasteiger partial charge on any atom is 0.192 e. The molecule has 1 saturated heterocycles. The van der Waals surface area contributed by atoms with Crippen molar-refractivity contribution < 1.29 is 13.9 Å². The fourth-order valence-corrected chi connectivity index (χ4v) is 9.89. The van der Waals surface area contributed by atoms with Crippen LogP contribution < -0.4 is 0 Å². The Kier molecular flexibility index (Phi) is 5.29. The number of ether oxygens (including phenoxy) is 2. The third-order valence-corrected chi connectivity index (χ3v) is 15.7. The quantitative estimate of drug-likeness (QED) is 0.319. The second kappa shape index (κ2) is 7.18. The summed E-state index contributed by atoms with van der Waals surface area (Å²) in [5.41, 5.74) is 0.606. The van der Waals surface area contributed by atoms with Crippen molar-refractivity contribution in [2.24, 2.45) is 34.5 Å². The van der Waals surface area contributed by atoms with Crippen LogP contribution in [-0.4, -0.2) is 32.4 Å². The summed E-state index contributed by atoms with van der Waals surface area (Å²) >= 11 is 0. The van der Waals surface area contributed by atoms with Crippen LogP contribution in [0.3, 0.4) is 0 Å². The fourth-order valence-electron chi connectivity index (χ4n) is 8.43. The number of hydrogen-bond donors (Lipinski definition) is 0. The molecular weight excluding hydrogens is 412 g/mol. The smallest absolute Gasteiger partial charge is 0.192 e. The molecule has 0 N–H and O–H groups in total. The Hall–Kier alpha value is -0.163. The van der Waals surface area contributed by atoms with E-state index in [-0.39, 0.29) is 22.7 Å². The molecule has 0 spiro atoms. The first-order chi connectivity index (χ1) is 14.7. The average molecular weight is 461 g/mol. The van der Waals surface area contributed by atoms with Crippen molar-refractivity contribution in [3.05, 3.63) is 12.2 Å². The van der Waals surface area contributed by atoms with Gasteiger partial charge in [0.25, 0.3) is 0 Å². The molecule has 0 unspecified atom stereocenters. The molecule has 0 aromatic heterocycles. The van der Waals surface area contributed by atoms with Crippen LogP contribution in [0.5, 0.6) is 0 Å². The molecule has 5 rings (SSSR count). The van der Waals surface area contributed by atoms with Crippen molar-refractivity contribution in [2.45, 2.75) is 129 Å². The molecule has 0 amide bonds. The third-order valence-electron chi connectivity index (χ3n) is 11.2. The molecule has 0 aromatic carbocycles. The third kappa shape index (κ3) is 3.29. The lowest BCUT2D eigenvalue weighted by Gasteiger charge is -2.62. The summed E-state index contributed by atoms with van der Waals surface area (Å²) in [4.78, 5) is 0. The van der Waals surface area contributed by atoms with Crippen LogP contribution in [-0.2, 0) is 13.9 Å². The molecule has 0 aromatic rings. The van der Waals surface area contributed by atoms with Gasteiger partial charge in [-0.3, -0.25) is 0 Å². The van der Waals surface area contributed by atoms with E-state index < -0.39 is 14.1 Å². The van der Waals surface area contributed by atoms with E-state index in [4.69, 9.17) is 13.9 Å². The van der Waals surface area contributed by atoms with Crippen LogP contribution in [0.4, 0.5) is 0 Å². The molecule has 9 atom stereocenters. The Balaban J connectivity index is 1.50. The zero-order valence-corrected chi connectivity index (χ0v) is 23.2. The largest absolute Gasteiger partial charge is 0.413 e. The summed E-state index contributed by atoms with van der Waals surface area (Å²) in [6.45, 7) is 21.4. The van der Waals surface area contributed by atoms with E-state index in [1.807, 2.05) is 0 Å². The Morgan fingerprint density at radius 2 is 1.53 bits per heavy atom. The lowest BCUT2D eigenvalue weighted by atomic mass is 9.44. The molecule has 3 saturated carbocycles. The minimum atomic E-state index is -1.79. The van der Waals surface area contributed by atoms with Crippen molar-refractivity contribution >= 4 is 8.32 Å². The van der Waals surface area contributed by atoms with E-state index in [0.29, 0.717) is 29.3 Å². The van der Waals surface area contributed by atoms with Gasteiger partial charge in [0.2, 0.25) is 0 Å². The zero-order valence-electron chi connectivity index (χ0n) is 22.2. The van der Waals surface area contributed by atoms with Gasteiger partial charge in [-0.2, -0.15) is 0 Å². The standard InChI is InChI=1S/C28H48O3Si/c1-25(2,3)32(8,9)31-21-14-13-18-22-19(15-17-28(18,21)7)27(6)16-11-10-12-20(27)23-24(22)30-26(4,5)29-23/h10,12,18-24H,11,13-17H2,1-9H3/t18-,19-,20+,21-,22-,23+,24+,27+,28-/m0/s1. The molecule has 1 aliphatic heterocycles. The lowest BCUT2D eigenvalue weighted by molar-refractivity contribution is -0.170. The van der Waals surface area contributed by atoms with Gasteiger partial charge in [0.15, 0.2) is 14.1 Å². The van der Waals surface area contributed by atoms with Crippen LogP contribution in [0.15, 0.2) is 12.2 Å². The monoisotopic (exact) mass is 460 g/mol. The highest BCUT2D eigenvalue weighted by Crippen LogP contribution is 2.68. The Morgan fingerprint density at radius 3 is 2.22 bits per heavy atom. The summed E-state index contributed by atoms with van der Waals surface area (Å²) in [7, 11) is -1.79. The maximum atomic E-state index is 7.16.